The van der Waals surface area contributed by atoms with Crippen LogP contribution in [0.5, 0.6) is 0 Å². The summed E-state index contributed by atoms with van der Waals surface area (Å²) in [7, 11) is 0. The maximum atomic E-state index is 12.7. The summed E-state index contributed by atoms with van der Waals surface area (Å²) in [5.41, 5.74) is 5.44. The molecular weight excluding hydrogens is 523 g/mol. The van der Waals surface area contributed by atoms with E-state index in [1.54, 1.807) is 29.0 Å². The van der Waals surface area contributed by atoms with Crippen LogP contribution in [0.4, 0.5) is 4.79 Å². The van der Waals surface area contributed by atoms with E-state index in [-0.39, 0.29) is 5.91 Å². The average molecular weight is 556 g/mol. The Morgan fingerprint density at radius 3 is 2.42 bits per heavy atom. The Balaban J connectivity index is 1.10. The van der Waals surface area contributed by atoms with E-state index in [0.29, 0.717) is 21.9 Å². The molecule has 0 saturated carbocycles. The predicted octanol–water partition coefficient (Wildman–Crippen LogP) is 6.30. The lowest BCUT2D eigenvalue weighted by Gasteiger charge is -2.37. The third-order valence-corrected chi connectivity index (χ3v) is 8.53. The van der Waals surface area contributed by atoms with E-state index in [1.807, 2.05) is 35.4 Å². The van der Waals surface area contributed by atoms with Gasteiger partial charge in [-0.2, -0.15) is 0 Å². The minimum atomic E-state index is -1.07. The SMILES string of the molecule is O=C(O)Nn1cc(C2CCN(CC3CCN(C(=O)C=Cc4ccc(Cl)c(Cl)c4)CC3)CC2)c2ccccc21. The second-order valence-corrected chi connectivity index (χ2v) is 11.1. The fraction of sp³-hybridized carbons (Fsp3) is 0.379. The maximum Gasteiger partial charge on any atom is 0.423 e. The zero-order valence-corrected chi connectivity index (χ0v) is 22.7. The zero-order valence-electron chi connectivity index (χ0n) is 21.2. The highest BCUT2D eigenvalue weighted by Crippen LogP contribution is 2.35. The molecular formula is C29H32Cl2N4O3. The number of halogens is 2. The van der Waals surface area contributed by atoms with Gasteiger partial charge in [-0.05, 0) is 86.0 Å². The number of likely N-dealkylation sites (tertiary alicyclic amines) is 2. The Morgan fingerprint density at radius 1 is 0.974 bits per heavy atom. The molecule has 9 heteroatoms. The lowest BCUT2D eigenvalue weighted by atomic mass is 9.88. The van der Waals surface area contributed by atoms with E-state index in [2.05, 4.69) is 16.4 Å². The number of hydrogen-bond acceptors (Lipinski definition) is 3. The van der Waals surface area contributed by atoms with Crippen LogP contribution in [0.1, 0.15) is 42.7 Å². The van der Waals surface area contributed by atoms with Crippen molar-refractivity contribution in [2.45, 2.75) is 31.6 Å². The van der Waals surface area contributed by atoms with Crippen LogP contribution in [0.2, 0.25) is 10.0 Å². The van der Waals surface area contributed by atoms with E-state index >= 15 is 0 Å². The zero-order chi connectivity index (χ0) is 26.6. The molecule has 2 amide bonds. The first-order chi connectivity index (χ1) is 18.4. The normalized spacial score (nSPS) is 17.9. The number of aromatic nitrogens is 1. The number of benzene rings is 2. The fourth-order valence-corrected chi connectivity index (χ4v) is 6.05. The number of rotatable bonds is 6. The Hall–Kier alpha value is -3.00. The van der Waals surface area contributed by atoms with Crippen molar-refractivity contribution in [2.75, 3.05) is 38.1 Å². The molecule has 2 N–H and O–H groups in total. The molecule has 2 aromatic carbocycles. The molecule has 0 spiro atoms. The van der Waals surface area contributed by atoms with Crippen molar-refractivity contribution >= 4 is 52.2 Å². The van der Waals surface area contributed by atoms with E-state index in [1.165, 1.54) is 5.56 Å². The van der Waals surface area contributed by atoms with Crippen LogP contribution < -0.4 is 5.43 Å². The topological polar surface area (TPSA) is 77.8 Å². The van der Waals surface area contributed by atoms with Crippen LogP contribution in [0.15, 0.2) is 54.7 Å². The summed E-state index contributed by atoms with van der Waals surface area (Å²) in [4.78, 5) is 28.4. The van der Waals surface area contributed by atoms with Gasteiger partial charge in [0.25, 0.3) is 0 Å². The lowest BCUT2D eigenvalue weighted by Crippen LogP contribution is -2.42. The minimum Gasteiger partial charge on any atom is -0.464 e. The molecule has 200 valence electrons. The van der Waals surface area contributed by atoms with Gasteiger partial charge in [0.1, 0.15) is 0 Å². The van der Waals surface area contributed by atoms with Crippen LogP contribution in [-0.4, -0.2) is 64.3 Å². The molecule has 0 unspecified atom stereocenters. The van der Waals surface area contributed by atoms with Crippen molar-refractivity contribution in [1.29, 1.82) is 0 Å². The number of hydrogen-bond donors (Lipinski definition) is 2. The summed E-state index contributed by atoms with van der Waals surface area (Å²) in [5, 5.41) is 11.3. The van der Waals surface area contributed by atoms with Crippen molar-refractivity contribution in [1.82, 2.24) is 14.5 Å². The Morgan fingerprint density at radius 2 is 1.71 bits per heavy atom. The van der Waals surface area contributed by atoms with Crippen molar-refractivity contribution in [3.05, 3.63) is 75.9 Å². The first-order valence-corrected chi connectivity index (χ1v) is 13.9. The third-order valence-electron chi connectivity index (χ3n) is 7.79. The van der Waals surface area contributed by atoms with E-state index in [0.717, 1.165) is 74.9 Å². The Kier molecular flexibility index (Phi) is 8.27. The van der Waals surface area contributed by atoms with Crippen molar-refractivity contribution in [3.8, 4) is 0 Å². The monoisotopic (exact) mass is 554 g/mol. The van der Waals surface area contributed by atoms with Gasteiger partial charge in [-0.1, -0.05) is 47.5 Å². The molecule has 1 aromatic heterocycles. The van der Waals surface area contributed by atoms with E-state index in [9.17, 15) is 14.7 Å². The van der Waals surface area contributed by atoms with Gasteiger partial charge in [0.15, 0.2) is 0 Å². The molecule has 0 atom stereocenters. The second-order valence-electron chi connectivity index (χ2n) is 10.2. The van der Waals surface area contributed by atoms with Crippen LogP contribution in [-0.2, 0) is 4.79 Å². The highest BCUT2D eigenvalue weighted by Gasteiger charge is 2.27. The van der Waals surface area contributed by atoms with Gasteiger partial charge in [0.2, 0.25) is 5.91 Å². The molecule has 3 aromatic rings. The van der Waals surface area contributed by atoms with Gasteiger partial charge in [-0.25, -0.2) is 10.2 Å². The number of carboxylic acid groups (broad SMARTS) is 1. The first-order valence-electron chi connectivity index (χ1n) is 13.1. The summed E-state index contributed by atoms with van der Waals surface area (Å²) in [6, 6.07) is 13.3. The molecule has 0 radical (unpaired) electrons. The van der Waals surface area contributed by atoms with Gasteiger partial charge in [-0.3, -0.25) is 9.47 Å². The number of carbonyl (C=O) groups excluding carboxylic acids is 1. The summed E-state index contributed by atoms with van der Waals surface area (Å²) >= 11 is 12.0. The van der Waals surface area contributed by atoms with Gasteiger partial charge in [-0.15, -0.1) is 0 Å². The molecule has 2 aliphatic heterocycles. The van der Waals surface area contributed by atoms with E-state index in [4.69, 9.17) is 23.2 Å². The predicted molar refractivity (Wildman–Crippen MR) is 153 cm³/mol. The molecule has 0 bridgehead atoms. The molecule has 38 heavy (non-hydrogen) atoms. The van der Waals surface area contributed by atoms with Crippen molar-refractivity contribution in [3.63, 3.8) is 0 Å². The Labute approximate surface area is 232 Å². The second kappa shape index (κ2) is 11.8. The number of nitrogens with zero attached hydrogens (tertiary/aromatic N) is 3. The van der Waals surface area contributed by atoms with Crippen molar-refractivity contribution in [2.24, 2.45) is 5.92 Å². The van der Waals surface area contributed by atoms with Gasteiger partial charge < -0.3 is 14.9 Å². The number of fused-ring (bicyclic) bond motifs is 1. The number of nitrogens with one attached hydrogen (secondary N) is 1. The van der Waals surface area contributed by atoms with Crippen LogP contribution in [0, 0.1) is 5.92 Å². The fourth-order valence-electron chi connectivity index (χ4n) is 5.74. The molecule has 7 nitrogen and oxygen atoms in total. The maximum absolute atomic E-state index is 12.7. The van der Waals surface area contributed by atoms with Gasteiger partial charge >= 0.3 is 6.09 Å². The summed E-state index contributed by atoms with van der Waals surface area (Å²) in [6.45, 7) is 4.68. The van der Waals surface area contributed by atoms with Gasteiger partial charge in [0.05, 0.1) is 15.6 Å². The molecule has 5 rings (SSSR count). The highest BCUT2D eigenvalue weighted by molar-refractivity contribution is 6.42. The van der Waals surface area contributed by atoms with Crippen LogP contribution >= 0.6 is 23.2 Å². The quantitative estimate of drug-likeness (QED) is 0.350. The standard InChI is InChI=1S/C29H32Cl2N4O3/c30-25-7-5-20(17-26(25)31)6-8-28(36)34-15-9-21(10-16-34)18-33-13-11-22(12-14-33)24-19-35(32-29(37)38)27-4-2-1-3-23(24)27/h1-8,17,19,21-22,32H,9-16,18H2,(H,37,38). The number of carbonyl (C=O) groups is 2. The summed E-state index contributed by atoms with van der Waals surface area (Å²) in [5.74, 6) is 1.04. The molecule has 2 fully saturated rings. The van der Waals surface area contributed by atoms with Crippen LogP contribution in [0.3, 0.4) is 0 Å². The van der Waals surface area contributed by atoms with E-state index < -0.39 is 6.09 Å². The number of para-hydroxylation sites is 1. The van der Waals surface area contributed by atoms with Gasteiger partial charge in [0, 0.05) is 37.3 Å². The third kappa shape index (κ3) is 6.17. The molecule has 2 saturated heterocycles. The lowest BCUT2D eigenvalue weighted by molar-refractivity contribution is -0.127. The molecule has 0 aliphatic carbocycles. The average Bonchev–Trinajstić information content (AvgIpc) is 3.28. The first kappa shape index (κ1) is 26.6. The molecule has 3 heterocycles. The molecule has 2 aliphatic rings. The number of piperidine rings is 2. The smallest absolute Gasteiger partial charge is 0.423 e. The minimum absolute atomic E-state index is 0.0342. The highest BCUT2D eigenvalue weighted by atomic mass is 35.5. The summed E-state index contributed by atoms with van der Waals surface area (Å²) in [6.07, 6.45) is 8.42. The van der Waals surface area contributed by atoms with Crippen molar-refractivity contribution < 1.29 is 14.7 Å². The summed E-state index contributed by atoms with van der Waals surface area (Å²) < 4.78 is 1.62. The largest absolute Gasteiger partial charge is 0.464 e. The number of amides is 2. The van der Waals surface area contributed by atoms with Crippen LogP contribution in [0.25, 0.3) is 17.0 Å². The Bertz CT molecular complexity index is 1340.